The zero-order valence-corrected chi connectivity index (χ0v) is 9.79. The number of hydrogen-bond acceptors (Lipinski definition) is 3. The topological polar surface area (TPSA) is 29.0 Å². The first-order chi connectivity index (χ1) is 7.63. The van der Waals surface area contributed by atoms with Crippen LogP contribution in [-0.2, 0) is 0 Å². The first kappa shape index (κ1) is 11.1. The van der Waals surface area contributed by atoms with Gasteiger partial charge in [0.05, 0.1) is 10.9 Å². The molecule has 1 aromatic carbocycles. The predicted octanol–water partition coefficient (Wildman–Crippen LogP) is 2.88. The Morgan fingerprint density at radius 2 is 2.12 bits per heavy atom. The molecule has 0 saturated carbocycles. The van der Waals surface area contributed by atoms with Crippen LogP contribution in [0.2, 0.25) is 5.28 Å². The monoisotopic (exact) mass is 239 g/mol. The largest absolute Gasteiger partial charge is 0.359 e. The average molecular weight is 240 g/mol. The minimum Gasteiger partial charge on any atom is -0.359 e. The molecule has 2 rings (SSSR count). The first-order valence-corrected chi connectivity index (χ1v) is 5.34. The van der Waals surface area contributed by atoms with E-state index < -0.39 is 0 Å². The maximum atomic E-state index is 13.7. The van der Waals surface area contributed by atoms with Gasteiger partial charge in [0.2, 0.25) is 5.28 Å². The van der Waals surface area contributed by atoms with Gasteiger partial charge in [-0.1, -0.05) is 6.07 Å². The quantitative estimate of drug-likeness (QED) is 0.755. The molecule has 0 aliphatic carbocycles. The standard InChI is InChI=1S/C11H11ClFN3/c1-3-16(2)10-9-7(13)5-4-6-8(9)14-11(12)15-10/h4-6H,3H2,1-2H3. The van der Waals surface area contributed by atoms with Crippen LogP contribution in [0.4, 0.5) is 10.2 Å². The zero-order valence-electron chi connectivity index (χ0n) is 9.04. The third-order valence-electron chi connectivity index (χ3n) is 2.46. The summed E-state index contributed by atoms with van der Waals surface area (Å²) >= 11 is 5.81. The second-order valence-electron chi connectivity index (χ2n) is 3.46. The van der Waals surface area contributed by atoms with Crippen molar-refractivity contribution in [3.63, 3.8) is 0 Å². The van der Waals surface area contributed by atoms with Crippen molar-refractivity contribution in [3.05, 3.63) is 29.3 Å². The van der Waals surface area contributed by atoms with Gasteiger partial charge in [-0.25, -0.2) is 9.37 Å². The summed E-state index contributed by atoms with van der Waals surface area (Å²) in [6, 6.07) is 4.72. The Labute approximate surface area is 97.9 Å². The van der Waals surface area contributed by atoms with E-state index in [9.17, 15) is 4.39 Å². The van der Waals surface area contributed by atoms with Gasteiger partial charge in [0.25, 0.3) is 0 Å². The third-order valence-corrected chi connectivity index (χ3v) is 2.63. The molecule has 16 heavy (non-hydrogen) atoms. The van der Waals surface area contributed by atoms with Gasteiger partial charge in [0.15, 0.2) is 0 Å². The summed E-state index contributed by atoms with van der Waals surface area (Å²) in [6.07, 6.45) is 0. The summed E-state index contributed by atoms with van der Waals surface area (Å²) in [4.78, 5) is 9.91. The van der Waals surface area contributed by atoms with Gasteiger partial charge >= 0.3 is 0 Å². The summed E-state index contributed by atoms with van der Waals surface area (Å²) in [7, 11) is 1.84. The maximum Gasteiger partial charge on any atom is 0.224 e. The number of rotatable bonds is 2. The van der Waals surface area contributed by atoms with Gasteiger partial charge in [-0.15, -0.1) is 0 Å². The fraction of sp³-hybridized carbons (Fsp3) is 0.273. The molecule has 0 amide bonds. The maximum absolute atomic E-state index is 13.7. The van der Waals surface area contributed by atoms with Crippen LogP contribution in [0.1, 0.15) is 6.92 Å². The molecular weight excluding hydrogens is 229 g/mol. The van der Waals surface area contributed by atoms with E-state index in [0.717, 1.165) is 6.54 Å². The zero-order chi connectivity index (χ0) is 11.7. The second-order valence-corrected chi connectivity index (χ2v) is 3.80. The van der Waals surface area contributed by atoms with E-state index in [4.69, 9.17) is 11.6 Å². The van der Waals surface area contributed by atoms with Crippen LogP contribution in [-0.4, -0.2) is 23.6 Å². The van der Waals surface area contributed by atoms with Gasteiger partial charge in [-0.2, -0.15) is 4.98 Å². The number of fused-ring (bicyclic) bond motifs is 1. The highest BCUT2D eigenvalue weighted by molar-refractivity contribution is 6.28. The van der Waals surface area contributed by atoms with Crippen molar-refractivity contribution in [2.24, 2.45) is 0 Å². The Hall–Kier alpha value is -1.42. The van der Waals surface area contributed by atoms with E-state index in [-0.39, 0.29) is 11.1 Å². The van der Waals surface area contributed by atoms with Gasteiger partial charge in [-0.3, -0.25) is 0 Å². The Balaban J connectivity index is 2.80. The number of aromatic nitrogens is 2. The number of anilines is 1. The summed E-state index contributed by atoms with van der Waals surface area (Å²) in [5, 5.41) is 0.546. The molecule has 1 heterocycles. The summed E-state index contributed by atoms with van der Waals surface area (Å²) < 4.78 is 13.7. The van der Waals surface area contributed by atoms with Crippen molar-refractivity contribution in [1.82, 2.24) is 9.97 Å². The van der Waals surface area contributed by atoms with E-state index in [0.29, 0.717) is 16.7 Å². The fourth-order valence-corrected chi connectivity index (χ4v) is 1.69. The van der Waals surface area contributed by atoms with Crippen molar-refractivity contribution in [1.29, 1.82) is 0 Å². The molecule has 0 radical (unpaired) electrons. The Bertz CT molecular complexity index is 530. The van der Waals surface area contributed by atoms with E-state index in [2.05, 4.69) is 9.97 Å². The molecule has 0 bridgehead atoms. The normalized spacial score (nSPS) is 10.8. The molecule has 0 spiro atoms. The van der Waals surface area contributed by atoms with E-state index in [1.54, 1.807) is 12.1 Å². The summed E-state index contributed by atoms with van der Waals surface area (Å²) in [5.41, 5.74) is 0.523. The molecule has 0 saturated heterocycles. The van der Waals surface area contributed by atoms with Gasteiger partial charge < -0.3 is 4.90 Å². The van der Waals surface area contributed by atoms with Gasteiger partial charge in [-0.05, 0) is 30.7 Å². The molecule has 3 nitrogen and oxygen atoms in total. The van der Waals surface area contributed by atoms with Gasteiger partial charge in [0.1, 0.15) is 11.6 Å². The minimum atomic E-state index is -0.329. The Morgan fingerprint density at radius 1 is 1.38 bits per heavy atom. The summed E-state index contributed by atoms with van der Waals surface area (Å²) in [6.45, 7) is 2.68. The molecule has 1 aromatic heterocycles. The van der Waals surface area contributed by atoms with Crippen LogP contribution in [0.5, 0.6) is 0 Å². The van der Waals surface area contributed by atoms with Crippen LogP contribution in [0.15, 0.2) is 18.2 Å². The van der Waals surface area contributed by atoms with Crippen LogP contribution in [0, 0.1) is 5.82 Å². The molecule has 0 N–H and O–H groups in total. The van der Waals surface area contributed by atoms with Crippen LogP contribution >= 0.6 is 11.6 Å². The number of nitrogens with zero attached hydrogens (tertiary/aromatic N) is 3. The SMILES string of the molecule is CCN(C)c1nc(Cl)nc2cccc(F)c12. The molecule has 0 unspecified atom stereocenters. The van der Waals surface area contributed by atoms with Crippen molar-refractivity contribution >= 4 is 28.3 Å². The molecule has 2 aromatic rings. The fourth-order valence-electron chi connectivity index (χ4n) is 1.52. The summed E-state index contributed by atoms with van der Waals surface area (Å²) in [5.74, 6) is 0.195. The molecule has 0 aliphatic rings. The third kappa shape index (κ3) is 1.80. The average Bonchev–Trinajstić information content (AvgIpc) is 2.27. The van der Waals surface area contributed by atoms with Crippen molar-refractivity contribution in [2.75, 3.05) is 18.5 Å². The molecule has 5 heteroatoms. The lowest BCUT2D eigenvalue weighted by Gasteiger charge is -2.17. The van der Waals surface area contributed by atoms with E-state index in [1.807, 2.05) is 18.9 Å². The molecule has 0 fully saturated rings. The van der Waals surface area contributed by atoms with Crippen LogP contribution < -0.4 is 4.90 Å². The lowest BCUT2D eigenvalue weighted by atomic mass is 10.2. The van der Waals surface area contributed by atoms with E-state index >= 15 is 0 Å². The minimum absolute atomic E-state index is 0.133. The molecular formula is C11H11ClFN3. The molecule has 0 aliphatic heterocycles. The second kappa shape index (κ2) is 4.22. The Morgan fingerprint density at radius 3 is 2.81 bits per heavy atom. The highest BCUT2D eigenvalue weighted by Crippen LogP contribution is 2.26. The number of benzene rings is 1. The van der Waals surface area contributed by atoms with Crippen LogP contribution in [0.3, 0.4) is 0 Å². The first-order valence-electron chi connectivity index (χ1n) is 4.96. The van der Waals surface area contributed by atoms with Crippen molar-refractivity contribution < 1.29 is 4.39 Å². The smallest absolute Gasteiger partial charge is 0.224 e. The lowest BCUT2D eigenvalue weighted by Crippen LogP contribution is -2.18. The molecule has 0 atom stereocenters. The van der Waals surface area contributed by atoms with Crippen molar-refractivity contribution in [2.45, 2.75) is 6.92 Å². The van der Waals surface area contributed by atoms with Gasteiger partial charge in [0, 0.05) is 13.6 Å². The number of halogens is 2. The van der Waals surface area contributed by atoms with Crippen molar-refractivity contribution in [3.8, 4) is 0 Å². The lowest BCUT2D eigenvalue weighted by molar-refractivity contribution is 0.638. The Kier molecular flexibility index (Phi) is 2.92. The van der Waals surface area contributed by atoms with Crippen LogP contribution in [0.25, 0.3) is 10.9 Å². The highest BCUT2D eigenvalue weighted by Gasteiger charge is 2.13. The number of hydrogen-bond donors (Lipinski definition) is 0. The molecule has 84 valence electrons. The predicted molar refractivity (Wildman–Crippen MR) is 63.5 cm³/mol. The highest BCUT2D eigenvalue weighted by atomic mass is 35.5. The van der Waals surface area contributed by atoms with E-state index in [1.165, 1.54) is 6.07 Å².